The molecule has 0 fully saturated rings. The summed E-state index contributed by atoms with van der Waals surface area (Å²) in [4.78, 5) is 0. The highest BCUT2D eigenvalue weighted by molar-refractivity contribution is 6.32. The third kappa shape index (κ3) is 2.36. The van der Waals surface area contributed by atoms with Gasteiger partial charge in [-0.25, -0.2) is 4.68 Å². The Morgan fingerprint density at radius 1 is 1.38 bits per heavy atom. The van der Waals surface area contributed by atoms with Crippen molar-refractivity contribution >= 4 is 23.2 Å². The quantitative estimate of drug-likeness (QED) is 0.790. The lowest BCUT2D eigenvalue weighted by Crippen LogP contribution is -1.96. The predicted octanol–water partition coefficient (Wildman–Crippen LogP) is 3.01. The number of hydrogen-bond donors (Lipinski definition) is 0. The predicted molar refractivity (Wildman–Crippen MR) is 65.5 cm³/mol. The van der Waals surface area contributed by atoms with Crippen LogP contribution in [0.3, 0.4) is 0 Å². The first-order valence-electron chi connectivity index (χ1n) is 4.94. The largest absolute Gasteiger partial charge is 0.219 e. The molecule has 1 aromatic carbocycles. The zero-order chi connectivity index (χ0) is 11.5. The molecule has 1 heterocycles. The van der Waals surface area contributed by atoms with Crippen LogP contribution in [0.25, 0.3) is 5.69 Å². The van der Waals surface area contributed by atoms with Gasteiger partial charge >= 0.3 is 0 Å². The molecule has 0 aliphatic carbocycles. The standard InChI is InChI=1S/C11H11Cl2N3/c1-8-2-3-11(10(13)6-8)16-7-9(4-5-12)14-15-16/h2-3,6-7H,4-5H2,1H3. The average molecular weight is 256 g/mol. The van der Waals surface area contributed by atoms with Crippen molar-refractivity contribution in [2.45, 2.75) is 13.3 Å². The van der Waals surface area contributed by atoms with Crippen LogP contribution in [0, 0.1) is 6.92 Å². The van der Waals surface area contributed by atoms with Crippen LogP contribution in [0.5, 0.6) is 0 Å². The molecule has 0 radical (unpaired) electrons. The molecule has 0 atom stereocenters. The third-order valence-corrected chi connectivity index (χ3v) is 2.73. The fourth-order valence-corrected chi connectivity index (χ4v) is 1.94. The van der Waals surface area contributed by atoms with Gasteiger partial charge in [-0.3, -0.25) is 0 Å². The van der Waals surface area contributed by atoms with Crippen LogP contribution in [0.1, 0.15) is 11.3 Å². The molecular weight excluding hydrogens is 245 g/mol. The summed E-state index contributed by atoms with van der Waals surface area (Å²) in [5.74, 6) is 0.542. The lowest BCUT2D eigenvalue weighted by molar-refractivity contribution is 0.798. The molecule has 16 heavy (non-hydrogen) atoms. The number of nitrogens with zero attached hydrogens (tertiary/aromatic N) is 3. The summed E-state index contributed by atoms with van der Waals surface area (Å²) in [6.45, 7) is 2.00. The minimum absolute atomic E-state index is 0.542. The van der Waals surface area contributed by atoms with Gasteiger partial charge in [0.25, 0.3) is 0 Å². The van der Waals surface area contributed by atoms with E-state index in [9.17, 15) is 0 Å². The number of benzene rings is 1. The summed E-state index contributed by atoms with van der Waals surface area (Å²) < 4.78 is 1.67. The molecule has 0 saturated heterocycles. The molecule has 3 nitrogen and oxygen atoms in total. The van der Waals surface area contributed by atoms with Gasteiger partial charge in [0.1, 0.15) is 0 Å². The van der Waals surface area contributed by atoms with E-state index < -0.39 is 0 Å². The van der Waals surface area contributed by atoms with Crippen molar-refractivity contribution in [3.8, 4) is 5.69 Å². The molecule has 0 N–H and O–H groups in total. The minimum Gasteiger partial charge on any atom is -0.219 e. The Kier molecular flexibility index (Phi) is 3.46. The van der Waals surface area contributed by atoms with Crippen molar-refractivity contribution in [1.29, 1.82) is 0 Å². The van der Waals surface area contributed by atoms with Crippen molar-refractivity contribution in [3.05, 3.63) is 40.7 Å². The summed E-state index contributed by atoms with van der Waals surface area (Å²) in [5.41, 5.74) is 2.82. The third-order valence-electron chi connectivity index (χ3n) is 2.24. The highest BCUT2D eigenvalue weighted by atomic mass is 35.5. The monoisotopic (exact) mass is 255 g/mol. The van der Waals surface area contributed by atoms with Crippen LogP contribution in [-0.2, 0) is 6.42 Å². The second kappa shape index (κ2) is 4.85. The highest BCUT2D eigenvalue weighted by Crippen LogP contribution is 2.20. The second-order valence-electron chi connectivity index (χ2n) is 3.55. The zero-order valence-electron chi connectivity index (χ0n) is 8.82. The summed E-state index contributed by atoms with van der Waals surface area (Å²) in [7, 11) is 0. The lowest BCUT2D eigenvalue weighted by atomic mass is 10.2. The zero-order valence-corrected chi connectivity index (χ0v) is 10.3. The van der Waals surface area contributed by atoms with E-state index in [1.807, 2.05) is 31.3 Å². The van der Waals surface area contributed by atoms with Gasteiger partial charge in [0.05, 0.1) is 22.6 Å². The maximum absolute atomic E-state index is 6.14. The fourth-order valence-electron chi connectivity index (χ4n) is 1.43. The number of aryl methyl sites for hydroxylation is 2. The molecule has 0 amide bonds. The van der Waals surface area contributed by atoms with Crippen LogP contribution < -0.4 is 0 Å². The van der Waals surface area contributed by atoms with Gasteiger partial charge in [-0.15, -0.1) is 16.7 Å². The molecule has 5 heteroatoms. The Bertz CT molecular complexity index is 494. The average Bonchev–Trinajstić information content (AvgIpc) is 2.67. The van der Waals surface area contributed by atoms with Gasteiger partial charge in [-0.05, 0) is 24.6 Å². The van der Waals surface area contributed by atoms with Crippen LogP contribution in [0.2, 0.25) is 5.02 Å². The molecule has 0 spiro atoms. The van der Waals surface area contributed by atoms with Crippen molar-refractivity contribution < 1.29 is 0 Å². The normalized spacial score (nSPS) is 10.7. The summed E-state index contributed by atoms with van der Waals surface area (Å²) in [6.07, 6.45) is 2.56. The first kappa shape index (κ1) is 11.4. The molecule has 0 bridgehead atoms. The molecule has 0 saturated carbocycles. The Morgan fingerprint density at radius 2 is 2.19 bits per heavy atom. The fraction of sp³-hybridized carbons (Fsp3) is 0.273. The van der Waals surface area contributed by atoms with E-state index in [2.05, 4.69) is 10.3 Å². The Hall–Kier alpha value is -1.06. The van der Waals surface area contributed by atoms with Crippen LogP contribution in [-0.4, -0.2) is 20.9 Å². The van der Waals surface area contributed by atoms with Crippen molar-refractivity contribution in [2.75, 3.05) is 5.88 Å². The first-order chi connectivity index (χ1) is 7.70. The van der Waals surface area contributed by atoms with Crippen molar-refractivity contribution in [2.24, 2.45) is 0 Å². The second-order valence-corrected chi connectivity index (χ2v) is 4.33. The van der Waals surface area contributed by atoms with Gasteiger partial charge in [-0.1, -0.05) is 22.9 Å². The lowest BCUT2D eigenvalue weighted by Gasteiger charge is -2.03. The van der Waals surface area contributed by atoms with Crippen molar-refractivity contribution in [3.63, 3.8) is 0 Å². The van der Waals surface area contributed by atoms with E-state index in [0.717, 1.165) is 16.9 Å². The summed E-state index contributed by atoms with van der Waals surface area (Å²) in [5, 5.41) is 8.70. The molecule has 0 unspecified atom stereocenters. The van der Waals surface area contributed by atoms with Gasteiger partial charge in [-0.2, -0.15) is 0 Å². The molecule has 0 aliphatic rings. The number of alkyl halides is 1. The van der Waals surface area contributed by atoms with Gasteiger partial charge in [0.2, 0.25) is 0 Å². The van der Waals surface area contributed by atoms with Crippen LogP contribution >= 0.6 is 23.2 Å². The molecule has 84 valence electrons. The molecule has 2 rings (SSSR count). The van der Waals surface area contributed by atoms with E-state index in [-0.39, 0.29) is 0 Å². The van der Waals surface area contributed by atoms with E-state index in [1.165, 1.54) is 0 Å². The van der Waals surface area contributed by atoms with E-state index in [0.29, 0.717) is 17.3 Å². The summed E-state index contributed by atoms with van der Waals surface area (Å²) >= 11 is 11.8. The van der Waals surface area contributed by atoms with Gasteiger partial charge in [0.15, 0.2) is 0 Å². The topological polar surface area (TPSA) is 30.7 Å². The van der Waals surface area contributed by atoms with Gasteiger partial charge in [0, 0.05) is 12.3 Å². The van der Waals surface area contributed by atoms with E-state index in [4.69, 9.17) is 23.2 Å². The van der Waals surface area contributed by atoms with E-state index >= 15 is 0 Å². The molecule has 0 aliphatic heterocycles. The molecule has 2 aromatic rings. The SMILES string of the molecule is Cc1ccc(-n2cc(CCCl)nn2)c(Cl)c1. The maximum atomic E-state index is 6.14. The van der Waals surface area contributed by atoms with Gasteiger partial charge < -0.3 is 0 Å². The number of hydrogen-bond acceptors (Lipinski definition) is 2. The maximum Gasteiger partial charge on any atom is 0.0849 e. The first-order valence-corrected chi connectivity index (χ1v) is 5.85. The van der Waals surface area contributed by atoms with Crippen molar-refractivity contribution in [1.82, 2.24) is 15.0 Å². The number of halogens is 2. The van der Waals surface area contributed by atoms with Crippen LogP contribution in [0.15, 0.2) is 24.4 Å². The van der Waals surface area contributed by atoms with E-state index in [1.54, 1.807) is 4.68 Å². The number of aromatic nitrogens is 3. The number of rotatable bonds is 3. The Labute approximate surface area is 104 Å². The minimum atomic E-state index is 0.542. The Balaban J connectivity index is 2.35. The highest BCUT2D eigenvalue weighted by Gasteiger charge is 2.06. The smallest absolute Gasteiger partial charge is 0.0849 e. The van der Waals surface area contributed by atoms with Crippen LogP contribution in [0.4, 0.5) is 0 Å². The molecular formula is C11H11Cl2N3. The summed E-state index contributed by atoms with van der Waals surface area (Å²) in [6, 6.07) is 5.82. The molecule has 1 aromatic heterocycles. The Morgan fingerprint density at radius 3 is 2.88 bits per heavy atom.